The van der Waals surface area contributed by atoms with Crippen molar-refractivity contribution in [3.63, 3.8) is 0 Å². The molecule has 4 heteroatoms. The first-order valence-corrected chi connectivity index (χ1v) is 5.40. The molecule has 0 radical (unpaired) electrons. The van der Waals surface area contributed by atoms with Crippen LogP contribution in [-0.2, 0) is 4.74 Å². The number of nitrogens with zero attached hydrogens (tertiary/aromatic N) is 1. The molecule has 0 aliphatic rings. The van der Waals surface area contributed by atoms with Crippen LogP contribution in [0.15, 0.2) is 24.3 Å². The van der Waals surface area contributed by atoms with Crippen molar-refractivity contribution in [3.05, 3.63) is 29.3 Å². The first kappa shape index (κ1) is 12.8. The van der Waals surface area contributed by atoms with Gasteiger partial charge in [-0.2, -0.15) is 0 Å². The first-order chi connectivity index (χ1) is 7.29. The molecule has 0 saturated heterocycles. The Balaban J connectivity index is 2.78. The molecule has 1 aromatic rings. The summed E-state index contributed by atoms with van der Waals surface area (Å²) in [6, 6.07) is 7.06. The second-order valence-corrected chi connectivity index (χ2v) is 4.96. The van der Waals surface area contributed by atoms with Gasteiger partial charge in [-0.05, 0) is 39.0 Å². The minimum absolute atomic E-state index is 0.394. The van der Waals surface area contributed by atoms with E-state index in [4.69, 9.17) is 16.3 Å². The molecule has 16 heavy (non-hydrogen) atoms. The fourth-order valence-electron chi connectivity index (χ4n) is 1.12. The summed E-state index contributed by atoms with van der Waals surface area (Å²) in [5, 5.41) is 0.591. The molecule has 0 spiro atoms. The number of benzene rings is 1. The first-order valence-electron chi connectivity index (χ1n) is 5.02. The van der Waals surface area contributed by atoms with Crippen LogP contribution >= 0.6 is 11.6 Å². The third kappa shape index (κ3) is 3.74. The fourth-order valence-corrected chi connectivity index (χ4v) is 1.31. The standard InChI is InChI=1S/C12H16ClNO2/c1-12(2,3)16-11(15)14(4)10-7-5-6-9(13)8-10/h5-8H,1-4H3. The Morgan fingerprint density at radius 1 is 1.38 bits per heavy atom. The van der Waals surface area contributed by atoms with Crippen LogP contribution in [0.1, 0.15) is 20.8 Å². The van der Waals surface area contributed by atoms with Crippen molar-refractivity contribution in [1.29, 1.82) is 0 Å². The van der Waals surface area contributed by atoms with Crippen LogP contribution in [0.3, 0.4) is 0 Å². The summed E-state index contributed by atoms with van der Waals surface area (Å²) in [4.78, 5) is 13.2. The van der Waals surface area contributed by atoms with Crippen LogP contribution in [0.25, 0.3) is 0 Å². The summed E-state index contributed by atoms with van der Waals surface area (Å²) in [6.07, 6.45) is -0.394. The molecule has 88 valence electrons. The molecule has 0 saturated carbocycles. The van der Waals surface area contributed by atoms with E-state index in [1.807, 2.05) is 20.8 Å². The van der Waals surface area contributed by atoms with Gasteiger partial charge in [-0.25, -0.2) is 4.79 Å². The second kappa shape index (κ2) is 4.74. The van der Waals surface area contributed by atoms with Crippen molar-refractivity contribution in [2.75, 3.05) is 11.9 Å². The van der Waals surface area contributed by atoms with Crippen LogP contribution in [0, 0.1) is 0 Å². The maximum Gasteiger partial charge on any atom is 0.414 e. The number of carbonyl (C=O) groups excluding carboxylic acids is 1. The number of rotatable bonds is 1. The molecule has 3 nitrogen and oxygen atoms in total. The summed E-state index contributed by atoms with van der Waals surface area (Å²) in [5.74, 6) is 0. The van der Waals surface area contributed by atoms with Gasteiger partial charge in [-0.15, -0.1) is 0 Å². The van der Waals surface area contributed by atoms with E-state index < -0.39 is 11.7 Å². The van der Waals surface area contributed by atoms with Crippen molar-refractivity contribution in [2.45, 2.75) is 26.4 Å². The monoisotopic (exact) mass is 241 g/mol. The zero-order valence-electron chi connectivity index (χ0n) is 9.95. The summed E-state index contributed by atoms with van der Waals surface area (Å²) in [6.45, 7) is 5.49. The molecular formula is C12H16ClNO2. The van der Waals surface area contributed by atoms with E-state index in [2.05, 4.69) is 0 Å². The zero-order chi connectivity index (χ0) is 12.3. The molecular weight excluding hydrogens is 226 g/mol. The fraction of sp³-hybridized carbons (Fsp3) is 0.417. The molecule has 1 amide bonds. The van der Waals surface area contributed by atoms with Gasteiger partial charge in [-0.1, -0.05) is 17.7 Å². The van der Waals surface area contributed by atoms with Gasteiger partial charge in [0.15, 0.2) is 0 Å². The summed E-state index contributed by atoms with van der Waals surface area (Å²) < 4.78 is 5.24. The number of hydrogen-bond acceptors (Lipinski definition) is 2. The van der Waals surface area contributed by atoms with Gasteiger partial charge in [0.25, 0.3) is 0 Å². The minimum Gasteiger partial charge on any atom is -0.443 e. The van der Waals surface area contributed by atoms with Crippen molar-refractivity contribution in [1.82, 2.24) is 0 Å². The van der Waals surface area contributed by atoms with Crippen molar-refractivity contribution < 1.29 is 9.53 Å². The topological polar surface area (TPSA) is 29.5 Å². The maximum atomic E-state index is 11.7. The number of anilines is 1. The smallest absolute Gasteiger partial charge is 0.414 e. The number of hydrogen-bond donors (Lipinski definition) is 0. The molecule has 1 rings (SSSR count). The molecule has 0 fully saturated rings. The third-order valence-electron chi connectivity index (χ3n) is 1.86. The molecule has 0 heterocycles. The van der Waals surface area contributed by atoms with E-state index in [1.54, 1.807) is 31.3 Å². The molecule has 0 aliphatic carbocycles. The van der Waals surface area contributed by atoms with Crippen LogP contribution in [0.5, 0.6) is 0 Å². The lowest BCUT2D eigenvalue weighted by Crippen LogP contribution is -2.34. The van der Waals surface area contributed by atoms with E-state index in [1.165, 1.54) is 4.90 Å². The van der Waals surface area contributed by atoms with Gasteiger partial charge in [0.1, 0.15) is 5.60 Å². The second-order valence-electron chi connectivity index (χ2n) is 4.52. The van der Waals surface area contributed by atoms with E-state index >= 15 is 0 Å². The molecule has 0 N–H and O–H groups in total. The Morgan fingerprint density at radius 2 is 2.00 bits per heavy atom. The Morgan fingerprint density at radius 3 is 2.50 bits per heavy atom. The van der Waals surface area contributed by atoms with Crippen LogP contribution in [-0.4, -0.2) is 18.7 Å². The normalized spacial score (nSPS) is 11.1. The number of halogens is 1. The van der Waals surface area contributed by atoms with Crippen molar-refractivity contribution in [3.8, 4) is 0 Å². The van der Waals surface area contributed by atoms with E-state index in [9.17, 15) is 4.79 Å². The lowest BCUT2D eigenvalue weighted by Gasteiger charge is -2.24. The lowest BCUT2D eigenvalue weighted by molar-refractivity contribution is 0.0589. The van der Waals surface area contributed by atoms with E-state index in [-0.39, 0.29) is 0 Å². The predicted octanol–water partition coefficient (Wildman–Crippen LogP) is 3.71. The SMILES string of the molecule is CN(C(=O)OC(C)(C)C)c1cccc(Cl)c1. The number of ether oxygens (including phenoxy) is 1. The molecule has 0 aliphatic heterocycles. The summed E-state index contributed by atoms with van der Waals surface area (Å²) in [7, 11) is 1.65. The number of carbonyl (C=O) groups is 1. The zero-order valence-corrected chi connectivity index (χ0v) is 10.7. The number of amides is 1. The average molecular weight is 242 g/mol. The van der Waals surface area contributed by atoms with Crippen molar-refractivity contribution in [2.24, 2.45) is 0 Å². The Kier molecular flexibility index (Phi) is 3.81. The van der Waals surface area contributed by atoms with Gasteiger partial charge in [0, 0.05) is 17.8 Å². The predicted molar refractivity (Wildman–Crippen MR) is 66.1 cm³/mol. The Bertz CT molecular complexity index is 385. The van der Waals surface area contributed by atoms with Crippen LogP contribution in [0.2, 0.25) is 5.02 Å². The maximum absolute atomic E-state index is 11.7. The Hall–Kier alpha value is -1.22. The Labute approximate surface area is 101 Å². The van der Waals surface area contributed by atoms with Gasteiger partial charge < -0.3 is 4.74 Å². The minimum atomic E-state index is -0.496. The average Bonchev–Trinajstić information content (AvgIpc) is 2.14. The molecule has 0 unspecified atom stereocenters. The third-order valence-corrected chi connectivity index (χ3v) is 2.10. The summed E-state index contributed by atoms with van der Waals surface area (Å²) >= 11 is 5.85. The van der Waals surface area contributed by atoms with Gasteiger partial charge in [-0.3, -0.25) is 4.90 Å². The largest absolute Gasteiger partial charge is 0.443 e. The van der Waals surface area contributed by atoms with E-state index in [0.29, 0.717) is 10.7 Å². The lowest BCUT2D eigenvalue weighted by atomic mass is 10.2. The highest BCUT2D eigenvalue weighted by molar-refractivity contribution is 6.30. The van der Waals surface area contributed by atoms with Gasteiger partial charge >= 0.3 is 6.09 Å². The molecule has 0 atom stereocenters. The van der Waals surface area contributed by atoms with Gasteiger partial charge in [0.2, 0.25) is 0 Å². The molecule has 0 bridgehead atoms. The highest BCUT2D eigenvalue weighted by atomic mass is 35.5. The van der Waals surface area contributed by atoms with Crippen LogP contribution in [0.4, 0.5) is 10.5 Å². The van der Waals surface area contributed by atoms with Gasteiger partial charge in [0.05, 0.1) is 0 Å². The highest BCUT2D eigenvalue weighted by Gasteiger charge is 2.20. The van der Waals surface area contributed by atoms with Crippen molar-refractivity contribution >= 4 is 23.4 Å². The highest BCUT2D eigenvalue weighted by Crippen LogP contribution is 2.20. The molecule has 0 aromatic heterocycles. The van der Waals surface area contributed by atoms with Crippen LogP contribution < -0.4 is 4.90 Å². The summed E-state index contributed by atoms with van der Waals surface area (Å²) in [5.41, 5.74) is 0.214. The quantitative estimate of drug-likeness (QED) is 0.750. The van der Waals surface area contributed by atoms with E-state index in [0.717, 1.165) is 0 Å². The molecule has 1 aromatic carbocycles.